The molecule has 0 aliphatic rings. The van der Waals surface area contributed by atoms with Gasteiger partial charge in [0, 0.05) is 5.02 Å². The fraction of sp³-hybridized carbons (Fsp3) is 0.0500. The van der Waals surface area contributed by atoms with Gasteiger partial charge in [0.1, 0.15) is 17.3 Å². The first kappa shape index (κ1) is 20.5. The van der Waals surface area contributed by atoms with Crippen molar-refractivity contribution in [2.24, 2.45) is 0 Å². The van der Waals surface area contributed by atoms with Crippen LogP contribution in [0.2, 0.25) is 5.02 Å². The van der Waals surface area contributed by atoms with Crippen LogP contribution in [0.1, 0.15) is 5.56 Å². The highest BCUT2D eigenvalue weighted by atomic mass is 35.5. The number of nitrogens with zero attached hydrogens (tertiary/aromatic N) is 1. The SMILES string of the molecule is O=c1sc2cc(S(=O)(=O)Nc3c(F)cccc3F)ccc2n1Cc1ccccc1Cl. The highest BCUT2D eigenvalue weighted by Crippen LogP contribution is 2.27. The van der Waals surface area contributed by atoms with Crippen molar-refractivity contribution >= 4 is 48.9 Å². The Balaban J connectivity index is 1.72. The number of para-hydroxylation sites is 1. The summed E-state index contributed by atoms with van der Waals surface area (Å²) in [6.45, 7) is 0.225. The minimum Gasteiger partial charge on any atom is -0.294 e. The smallest absolute Gasteiger partial charge is 0.294 e. The quantitative estimate of drug-likeness (QED) is 0.457. The van der Waals surface area contributed by atoms with Crippen LogP contribution in [0.4, 0.5) is 14.5 Å². The van der Waals surface area contributed by atoms with E-state index >= 15 is 0 Å². The number of nitrogens with one attached hydrogen (secondary N) is 1. The van der Waals surface area contributed by atoms with Gasteiger partial charge in [0.05, 0.1) is 21.7 Å². The average Bonchev–Trinajstić information content (AvgIpc) is 3.01. The van der Waals surface area contributed by atoms with Crippen molar-refractivity contribution < 1.29 is 17.2 Å². The fourth-order valence-corrected chi connectivity index (χ4v) is 5.25. The van der Waals surface area contributed by atoms with Crippen LogP contribution >= 0.6 is 22.9 Å². The molecule has 10 heteroatoms. The summed E-state index contributed by atoms with van der Waals surface area (Å²) in [5.41, 5.74) is 0.511. The molecule has 0 saturated carbocycles. The third kappa shape index (κ3) is 3.83. The Morgan fingerprint density at radius 2 is 1.70 bits per heavy atom. The van der Waals surface area contributed by atoms with Crippen molar-refractivity contribution in [3.63, 3.8) is 0 Å². The fourth-order valence-electron chi connectivity index (χ4n) is 2.95. The molecule has 154 valence electrons. The molecule has 4 aromatic rings. The Morgan fingerprint density at radius 3 is 2.40 bits per heavy atom. The Bertz CT molecular complexity index is 1410. The predicted octanol–water partition coefficient (Wildman–Crippen LogP) is 4.84. The van der Waals surface area contributed by atoms with E-state index < -0.39 is 27.3 Å². The lowest BCUT2D eigenvalue weighted by atomic mass is 10.2. The molecule has 4 rings (SSSR count). The second-order valence-electron chi connectivity index (χ2n) is 6.38. The van der Waals surface area contributed by atoms with Crippen LogP contribution < -0.4 is 9.60 Å². The van der Waals surface area contributed by atoms with Gasteiger partial charge in [-0.2, -0.15) is 0 Å². The molecular formula is C20H13ClF2N2O3S2. The molecule has 0 saturated heterocycles. The summed E-state index contributed by atoms with van der Waals surface area (Å²) in [5, 5.41) is 0.513. The van der Waals surface area contributed by atoms with Gasteiger partial charge in [-0.1, -0.05) is 47.2 Å². The average molecular weight is 467 g/mol. The second kappa shape index (κ2) is 7.82. The van der Waals surface area contributed by atoms with E-state index in [1.165, 1.54) is 22.8 Å². The van der Waals surface area contributed by atoms with Gasteiger partial charge in [0.2, 0.25) is 0 Å². The largest absolute Gasteiger partial charge is 0.308 e. The molecule has 30 heavy (non-hydrogen) atoms. The maximum absolute atomic E-state index is 13.8. The number of sulfonamides is 1. The van der Waals surface area contributed by atoms with E-state index in [0.29, 0.717) is 15.2 Å². The molecule has 0 radical (unpaired) electrons. The standard InChI is InChI=1S/C20H13ClF2N2O3S2/c21-14-5-2-1-4-12(14)11-25-17-9-8-13(10-18(17)29-20(25)26)30(27,28)24-19-15(22)6-3-7-16(19)23/h1-10,24H,11H2. The maximum Gasteiger partial charge on any atom is 0.308 e. The number of fused-ring (bicyclic) bond motifs is 1. The van der Waals surface area contributed by atoms with Crippen molar-refractivity contribution in [3.05, 3.63) is 92.6 Å². The summed E-state index contributed by atoms with van der Waals surface area (Å²) < 4.78 is 56.8. The van der Waals surface area contributed by atoms with Crippen molar-refractivity contribution in [2.45, 2.75) is 11.4 Å². The normalized spacial score (nSPS) is 11.7. The van der Waals surface area contributed by atoms with E-state index in [4.69, 9.17) is 11.6 Å². The van der Waals surface area contributed by atoms with Gasteiger partial charge in [-0.05, 0) is 42.0 Å². The Morgan fingerprint density at radius 1 is 1.00 bits per heavy atom. The van der Waals surface area contributed by atoms with Crippen molar-refractivity contribution in [2.75, 3.05) is 4.72 Å². The van der Waals surface area contributed by atoms with Gasteiger partial charge >= 0.3 is 4.87 Å². The number of thiazole rings is 1. The number of aromatic nitrogens is 1. The van der Waals surface area contributed by atoms with E-state index in [9.17, 15) is 22.0 Å². The Kier molecular flexibility index (Phi) is 5.35. The number of anilines is 1. The highest BCUT2D eigenvalue weighted by molar-refractivity contribution is 7.92. The third-order valence-electron chi connectivity index (χ3n) is 4.44. The summed E-state index contributed by atoms with van der Waals surface area (Å²) in [4.78, 5) is 12.0. The monoisotopic (exact) mass is 466 g/mol. The summed E-state index contributed by atoms with van der Waals surface area (Å²) in [7, 11) is -4.27. The first-order valence-corrected chi connectivity index (χ1v) is 11.3. The van der Waals surface area contributed by atoms with Gasteiger partial charge in [-0.3, -0.25) is 14.1 Å². The van der Waals surface area contributed by atoms with Crippen LogP contribution in [0, 0.1) is 11.6 Å². The molecule has 5 nitrogen and oxygen atoms in total. The maximum atomic E-state index is 13.8. The predicted molar refractivity (Wildman–Crippen MR) is 114 cm³/mol. The summed E-state index contributed by atoms with van der Waals surface area (Å²) in [6, 6.07) is 14.2. The second-order valence-corrected chi connectivity index (χ2v) is 9.46. The molecule has 3 aromatic carbocycles. The molecular weight excluding hydrogens is 454 g/mol. The minimum atomic E-state index is -4.27. The summed E-state index contributed by atoms with van der Waals surface area (Å²) in [6.07, 6.45) is 0. The third-order valence-corrected chi connectivity index (χ3v) is 7.09. The van der Waals surface area contributed by atoms with E-state index in [1.807, 2.05) is 4.72 Å². The zero-order valence-electron chi connectivity index (χ0n) is 15.1. The van der Waals surface area contributed by atoms with E-state index in [0.717, 1.165) is 35.1 Å². The first-order valence-electron chi connectivity index (χ1n) is 8.60. The molecule has 0 atom stereocenters. The lowest BCUT2D eigenvalue weighted by Crippen LogP contribution is -2.15. The van der Waals surface area contributed by atoms with Crippen LogP contribution in [0.5, 0.6) is 0 Å². The topological polar surface area (TPSA) is 68.2 Å². The van der Waals surface area contributed by atoms with Crippen molar-refractivity contribution in [1.82, 2.24) is 4.57 Å². The molecule has 0 unspecified atom stereocenters. The van der Waals surface area contributed by atoms with Crippen LogP contribution in [-0.2, 0) is 16.6 Å². The molecule has 1 aromatic heterocycles. The Hall–Kier alpha value is -2.75. The summed E-state index contributed by atoms with van der Waals surface area (Å²) in [5.74, 6) is -2.06. The van der Waals surface area contributed by atoms with E-state index in [1.54, 1.807) is 24.3 Å². The van der Waals surface area contributed by atoms with Crippen molar-refractivity contribution in [3.8, 4) is 0 Å². The minimum absolute atomic E-state index is 0.219. The van der Waals surface area contributed by atoms with Crippen LogP contribution in [0.3, 0.4) is 0 Å². The van der Waals surface area contributed by atoms with Gasteiger partial charge in [0.15, 0.2) is 0 Å². The number of halogens is 3. The van der Waals surface area contributed by atoms with Crippen LogP contribution in [0.15, 0.2) is 70.4 Å². The Labute approximate surface area is 179 Å². The zero-order chi connectivity index (χ0) is 21.5. The lowest BCUT2D eigenvalue weighted by molar-refractivity contribution is 0.583. The summed E-state index contributed by atoms with van der Waals surface area (Å²) >= 11 is 7.04. The van der Waals surface area contributed by atoms with E-state index in [2.05, 4.69) is 0 Å². The number of hydrogen-bond acceptors (Lipinski definition) is 4. The highest BCUT2D eigenvalue weighted by Gasteiger charge is 2.21. The molecule has 1 N–H and O–H groups in total. The van der Waals surface area contributed by atoms with Gasteiger partial charge in [0.25, 0.3) is 10.0 Å². The molecule has 0 fully saturated rings. The zero-order valence-corrected chi connectivity index (χ0v) is 17.5. The molecule has 1 heterocycles. The van der Waals surface area contributed by atoms with Gasteiger partial charge in [-0.15, -0.1) is 0 Å². The number of hydrogen-bond donors (Lipinski definition) is 1. The molecule has 0 amide bonds. The molecule has 0 aliphatic heterocycles. The van der Waals surface area contributed by atoms with E-state index in [-0.39, 0.29) is 16.3 Å². The van der Waals surface area contributed by atoms with Gasteiger partial charge in [-0.25, -0.2) is 17.2 Å². The molecule has 0 bridgehead atoms. The van der Waals surface area contributed by atoms with Crippen LogP contribution in [-0.4, -0.2) is 13.0 Å². The molecule has 0 spiro atoms. The van der Waals surface area contributed by atoms with Gasteiger partial charge < -0.3 is 0 Å². The van der Waals surface area contributed by atoms with Crippen LogP contribution in [0.25, 0.3) is 10.2 Å². The number of benzene rings is 3. The number of rotatable bonds is 5. The molecule has 0 aliphatic carbocycles. The lowest BCUT2D eigenvalue weighted by Gasteiger charge is -2.10. The van der Waals surface area contributed by atoms with Crippen molar-refractivity contribution in [1.29, 1.82) is 0 Å². The first-order chi connectivity index (χ1) is 14.3.